The maximum atomic E-state index is 12.1. The number of aromatic nitrogens is 2. The maximum absolute atomic E-state index is 12.1. The summed E-state index contributed by atoms with van der Waals surface area (Å²) in [5.74, 6) is 1.41. The van der Waals surface area contributed by atoms with Crippen LogP contribution in [0.3, 0.4) is 0 Å². The Hall–Kier alpha value is -2.21. The fourth-order valence-electron chi connectivity index (χ4n) is 3.87. The number of carbonyl (C=O) groups is 1. The van der Waals surface area contributed by atoms with Crippen LogP contribution in [-0.4, -0.2) is 34.2 Å². The minimum absolute atomic E-state index is 0.0528. The number of rotatable bonds is 5. The molecule has 2 saturated heterocycles. The van der Waals surface area contributed by atoms with E-state index < -0.39 is 0 Å². The molecule has 0 aliphatic carbocycles. The molecule has 3 atom stereocenters. The summed E-state index contributed by atoms with van der Waals surface area (Å²) in [6.07, 6.45) is 3.10. The molecule has 6 heteroatoms. The summed E-state index contributed by atoms with van der Waals surface area (Å²) in [5, 5.41) is 8.58. The van der Waals surface area contributed by atoms with Crippen molar-refractivity contribution in [1.29, 1.82) is 0 Å². The molecule has 0 saturated carbocycles. The molecule has 2 aliphatic heterocycles. The van der Waals surface area contributed by atoms with Crippen LogP contribution in [0, 0.1) is 0 Å². The van der Waals surface area contributed by atoms with E-state index in [1.54, 1.807) is 0 Å². The molecular formula is C19H23N3O3. The Kier molecular flexibility index (Phi) is 4.53. The summed E-state index contributed by atoms with van der Waals surface area (Å²) in [6, 6.07) is 10.0. The van der Waals surface area contributed by atoms with Gasteiger partial charge in [0, 0.05) is 19.6 Å². The summed E-state index contributed by atoms with van der Waals surface area (Å²) in [5.41, 5.74) is 1.13. The minimum atomic E-state index is -0.117. The molecule has 3 heterocycles. The van der Waals surface area contributed by atoms with Gasteiger partial charge in [0.1, 0.15) is 6.04 Å². The summed E-state index contributed by atoms with van der Waals surface area (Å²) in [7, 11) is 0. The van der Waals surface area contributed by atoms with Crippen molar-refractivity contribution < 1.29 is 13.9 Å². The van der Waals surface area contributed by atoms with Crippen LogP contribution in [0.4, 0.5) is 0 Å². The smallest absolute Gasteiger partial charge is 0.238 e. The third kappa shape index (κ3) is 3.06. The lowest BCUT2D eigenvalue weighted by Crippen LogP contribution is -2.29. The lowest BCUT2D eigenvalue weighted by molar-refractivity contribution is -0.130. The highest BCUT2D eigenvalue weighted by atomic mass is 16.5. The molecule has 132 valence electrons. The molecule has 6 nitrogen and oxygen atoms in total. The highest BCUT2D eigenvalue weighted by Gasteiger charge is 2.37. The molecule has 0 bridgehead atoms. The van der Waals surface area contributed by atoms with Crippen molar-refractivity contribution in [3.8, 4) is 0 Å². The molecule has 2 aliphatic rings. The highest BCUT2D eigenvalue weighted by molar-refractivity contribution is 5.78. The van der Waals surface area contributed by atoms with Gasteiger partial charge in [0.25, 0.3) is 0 Å². The maximum Gasteiger partial charge on any atom is 0.238 e. The highest BCUT2D eigenvalue weighted by Crippen LogP contribution is 2.41. The van der Waals surface area contributed by atoms with Gasteiger partial charge in [-0.05, 0) is 24.8 Å². The van der Waals surface area contributed by atoms with Crippen molar-refractivity contribution >= 4 is 5.91 Å². The van der Waals surface area contributed by atoms with Gasteiger partial charge in [0.05, 0.1) is 12.0 Å². The van der Waals surface area contributed by atoms with Crippen LogP contribution in [0.2, 0.25) is 0 Å². The van der Waals surface area contributed by atoms with Gasteiger partial charge >= 0.3 is 0 Å². The molecule has 0 N–H and O–H groups in total. The van der Waals surface area contributed by atoms with Gasteiger partial charge in [-0.15, -0.1) is 10.2 Å². The summed E-state index contributed by atoms with van der Waals surface area (Å²) >= 11 is 0. The number of nitrogens with zero attached hydrogens (tertiary/aromatic N) is 3. The van der Waals surface area contributed by atoms with E-state index in [0.29, 0.717) is 24.8 Å². The monoisotopic (exact) mass is 341 g/mol. The number of hydrogen-bond acceptors (Lipinski definition) is 5. The van der Waals surface area contributed by atoms with Gasteiger partial charge in [-0.1, -0.05) is 37.3 Å². The number of ether oxygens (including phenoxy) is 1. The number of benzene rings is 1. The van der Waals surface area contributed by atoms with E-state index >= 15 is 0 Å². The van der Waals surface area contributed by atoms with E-state index in [4.69, 9.17) is 9.15 Å². The molecular weight excluding hydrogens is 318 g/mol. The average Bonchev–Trinajstić information content (AvgIpc) is 3.37. The molecule has 1 aromatic carbocycles. The Morgan fingerprint density at radius 1 is 1.28 bits per heavy atom. The van der Waals surface area contributed by atoms with Crippen molar-refractivity contribution in [2.75, 3.05) is 13.2 Å². The molecule has 1 aromatic heterocycles. The third-order valence-electron chi connectivity index (χ3n) is 5.15. The van der Waals surface area contributed by atoms with Crippen molar-refractivity contribution in [2.45, 2.75) is 50.7 Å². The Morgan fingerprint density at radius 2 is 2.12 bits per heavy atom. The van der Waals surface area contributed by atoms with Crippen LogP contribution in [-0.2, 0) is 9.53 Å². The Bertz CT molecular complexity index is 731. The van der Waals surface area contributed by atoms with Crippen LogP contribution in [0.15, 0.2) is 34.7 Å². The normalized spacial score (nSPS) is 24.8. The predicted molar refractivity (Wildman–Crippen MR) is 90.8 cm³/mol. The molecule has 25 heavy (non-hydrogen) atoms. The van der Waals surface area contributed by atoms with Gasteiger partial charge in [-0.2, -0.15) is 0 Å². The van der Waals surface area contributed by atoms with E-state index in [-0.39, 0.29) is 24.0 Å². The lowest BCUT2D eigenvalue weighted by atomic mass is 9.95. The fraction of sp³-hybridized carbons (Fsp3) is 0.526. The molecule has 0 radical (unpaired) electrons. The number of likely N-dealkylation sites (tertiary alicyclic amines) is 1. The Morgan fingerprint density at radius 3 is 2.84 bits per heavy atom. The van der Waals surface area contributed by atoms with E-state index in [1.807, 2.05) is 30.0 Å². The zero-order chi connectivity index (χ0) is 17.2. The van der Waals surface area contributed by atoms with Crippen molar-refractivity contribution in [3.05, 3.63) is 47.7 Å². The zero-order valence-electron chi connectivity index (χ0n) is 14.4. The van der Waals surface area contributed by atoms with E-state index in [2.05, 4.69) is 22.3 Å². The largest absolute Gasteiger partial charge is 0.423 e. The first kappa shape index (κ1) is 16.3. The van der Waals surface area contributed by atoms with Gasteiger partial charge in [-0.3, -0.25) is 4.79 Å². The fourth-order valence-corrected chi connectivity index (χ4v) is 3.87. The van der Waals surface area contributed by atoms with Crippen molar-refractivity contribution in [2.24, 2.45) is 0 Å². The number of hydrogen-bond donors (Lipinski definition) is 0. The number of carbonyl (C=O) groups excluding carboxylic acids is 1. The van der Waals surface area contributed by atoms with Gasteiger partial charge in [0.15, 0.2) is 0 Å². The van der Waals surface area contributed by atoms with Crippen LogP contribution < -0.4 is 0 Å². The van der Waals surface area contributed by atoms with Crippen LogP contribution in [0.25, 0.3) is 0 Å². The third-order valence-corrected chi connectivity index (χ3v) is 5.15. The van der Waals surface area contributed by atoms with Gasteiger partial charge in [0.2, 0.25) is 17.7 Å². The van der Waals surface area contributed by atoms with Crippen molar-refractivity contribution in [1.82, 2.24) is 15.1 Å². The first-order valence-corrected chi connectivity index (χ1v) is 9.07. The lowest BCUT2D eigenvalue weighted by Gasteiger charge is -2.23. The average molecular weight is 341 g/mol. The first-order chi connectivity index (χ1) is 12.3. The summed E-state index contributed by atoms with van der Waals surface area (Å²) < 4.78 is 12.0. The Balaban J connectivity index is 1.57. The second-order valence-corrected chi connectivity index (χ2v) is 6.69. The second-order valence-electron chi connectivity index (χ2n) is 6.69. The van der Waals surface area contributed by atoms with E-state index in [9.17, 15) is 4.79 Å². The minimum Gasteiger partial charge on any atom is -0.423 e. The SMILES string of the molecule is CC[C@H](c1nnc([C@H]2CCO[C@@H]2c2ccccc2)o1)N1CCCC1=O. The molecule has 2 fully saturated rings. The van der Waals surface area contributed by atoms with Crippen LogP contribution in [0.1, 0.15) is 68.0 Å². The van der Waals surface area contributed by atoms with Crippen molar-refractivity contribution in [3.63, 3.8) is 0 Å². The van der Waals surface area contributed by atoms with E-state index in [1.165, 1.54) is 0 Å². The Labute approximate surface area is 147 Å². The molecule has 0 unspecified atom stereocenters. The molecule has 4 rings (SSSR count). The quantitative estimate of drug-likeness (QED) is 0.834. The molecule has 2 aromatic rings. The van der Waals surface area contributed by atoms with Crippen LogP contribution >= 0.6 is 0 Å². The standard InChI is InChI=1S/C19H23N3O3/c1-2-15(22-11-6-9-16(22)23)19-21-20-18(25-19)14-10-12-24-17(14)13-7-4-3-5-8-13/h3-5,7-8,14-15,17H,2,6,9-12H2,1H3/t14-,15+,17+/m0/s1. The summed E-state index contributed by atoms with van der Waals surface area (Å²) in [6.45, 7) is 3.50. The molecule has 1 amide bonds. The predicted octanol–water partition coefficient (Wildman–Crippen LogP) is 3.39. The second kappa shape index (κ2) is 6.96. The van der Waals surface area contributed by atoms with Gasteiger partial charge < -0.3 is 14.1 Å². The summed E-state index contributed by atoms with van der Waals surface area (Å²) in [4.78, 5) is 13.9. The molecule has 0 spiro atoms. The van der Waals surface area contributed by atoms with Crippen LogP contribution in [0.5, 0.6) is 0 Å². The first-order valence-electron chi connectivity index (χ1n) is 9.07. The van der Waals surface area contributed by atoms with Gasteiger partial charge in [-0.25, -0.2) is 0 Å². The number of amides is 1. The topological polar surface area (TPSA) is 68.5 Å². The zero-order valence-corrected chi connectivity index (χ0v) is 14.4. The van der Waals surface area contributed by atoms with E-state index in [0.717, 1.165) is 31.4 Å².